The molecular weight excluding hydrogens is 212 g/mol. The van der Waals surface area contributed by atoms with Crippen LogP contribution in [0.3, 0.4) is 0 Å². The van der Waals surface area contributed by atoms with E-state index in [1.54, 1.807) is 0 Å². The maximum absolute atomic E-state index is 12.6. The lowest BCUT2D eigenvalue weighted by Gasteiger charge is -2.41. The first kappa shape index (κ1) is 12.9. The minimum Gasteiger partial charge on any atom is -0.340 e. The summed E-state index contributed by atoms with van der Waals surface area (Å²) < 4.78 is 0. The van der Waals surface area contributed by atoms with Gasteiger partial charge < -0.3 is 9.80 Å². The molecule has 0 bridgehead atoms. The SMILES string of the molecule is CCN1CCN(C(=O)C2(C)CCCCC2)CC1. The molecule has 1 saturated carbocycles. The first-order valence-corrected chi connectivity index (χ1v) is 7.17. The Balaban J connectivity index is 1.91. The predicted molar refractivity (Wildman–Crippen MR) is 69.9 cm³/mol. The molecule has 1 amide bonds. The Kier molecular flexibility index (Phi) is 4.08. The van der Waals surface area contributed by atoms with Gasteiger partial charge in [-0.15, -0.1) is 0 Å². The van der Waals surface area contributed by atoms with Crippen LogP contribution < -0.4 is 0 Å². The largest absolute Gasteiger partial charge is 0.340 e. The van der Waals surface area contributed by atoms with E-state index in [0.717, 1.165) is 45.6 Å². The summed E-state index contributed by atoms with van der Waals surface area (Å²) in [6, 6.07) is 0. The summed E-state index contributed by atoms with van der Waals surface area (Å²) in [4.78, 5) is 17.1. The van der Waals surface area contributed by atoms with Crippen LogP contribution in [-0.4, -0.2) is 48.4 Å². The molecule has 1 aliphatic carbocycles. The van der Waals surface area contributed by atoms with Crippen LogP contribution in [0.15, 0.2) is 0 Å². The fraction of sp³-hybridized carbons (Fsp3) is 0.929. The molecule has 2 rings (SSSR count). The zero-order valence-corrected chi connectivity index (χ0v) is 11.4. The van der Waals surface area contributed by atoms with Crippen molar-refractivity contribution < 1.29 is 4.79 Å². The fourth-order valence-corrected chi connectivity index (χ4v) is 3.19. The normalized spacial score (nSPS) is 25.9. The topological polar surface area (TPSA) is 23.6 Å². The van der Waals surface area contributed by atoms with E-state index in [2.05, 4.69) is 23.6 Å². The second-order valence-electron chi connectivity index (χ2n) is 5.85. The summed E-state index contributed by atoms with van der Waals surface area (Å²) in [5.74, 6) is 0.424. The fourth-order valence-electron chi connectivity index (χ4n) is 3.19. The monoisotopic (exact) mass is 238 g/mol. The zero-order valence-electron chi connectivity index (χ0n) is 11.4. The van der Waals surface area contributed by atoms with E-state index in [4.69, 9.17) is 0 Å². The van der Waals surface area contributed by atoms with E-state index in [9.17, 15) is 4.79 Å². The number of amides is 1. The number of carbonyl (C=O) groups excluding carboxylic acids is 1. The van der Waals surface area contributed by atoms with Gasteiger partial charge in [0, 0.05) is 31.6 Å². The average molecular weight is 238 g/mol. The summed E-state index contributed by atoms with van der Waals surface area (Å²) >= 11 is 0. The molecule has 2 aliphatic rings. The second-order valence-corrected chi connectivity index (χ2v) is 5.85. The van der Waals surface area contributed by atoms with Crippen LogP contribution in [-0.2, 0) is 4.79 Å². The molecule has 17 heavy (non-hydrogen) atoms. The minimum atomic E-state index is -0.0490. The number of nitrogens with zero attached hydrogens (tertiary/aromatic N) is 2. The number of rotatable bonds is 2. The molecular formula is C14H26N2O. The number of hydrogen-bond acceptors (Lipinski definition) is 2. The van der Waals surface area contributed by atoms with Crippen molar-refractivity contribution in [3.05, 3.63) is 0 Å². The highest BCUT2D eigenvalue weighted by molar-refractivity contribution is 5.82. The van der Waals surface area contributed by atoms with Gasteiger partial charge in [0.25, 0.3) is 0 Å². The molecule has 0 aromatic carbocycles. The standard InChI is InChI=1S/C14H26N2O/c1-3-15-9-11-16(12-10-15)13(17)14(2)7-5-4-6-8-14/h3-12H2,1-2H3. The predicted octanol–water partition coefficient (Wildman–Crippen LogP) is 2.12. The summed E-state index contributed by atoms with van der Waals surface area (Å²) in [6.07, 6.45) is 5.97. The van der Waals surface area contributed by atoms with Crippen molar-refractivity contribution in [1.29, 1.82) is 0 Å². The van der Waals surface area contributed by atoms with E-state index < -0.39 is 0 Å². The third-order valence-corrected chi connectivity index (χ3v) is 4.58. The maximum atomic E-state index is 12.6. The minimum absolute atomic E-state index is 0.0490. The van der Waals surface area contributed by atoms with Crippen molar-refractivity contribution in [2.24, 2.45) is 5.41 Å². The highest BCUT2D eigenvalue weighted by Gasteiger charge is 2.38. The molecule has 1 heterocycles. The third-order valence-electron chi connectivity index (χ3n) is 4.58. The molecule has 98 valence electrons. The van der Waals surface area contributed by atoms with Gasteiger partial charge in [0.05, 0.1) is 0 Å². The van der Waals surface area contributed by atoms with Gasteiger partial charge in [0.1, 0.15) is 0 Å². The number of likely N-dealkylation sites (N-methyl/N-ethyl adjacent to an activating group) is 1. The highest BCUT2D eigenvalue weighted by atomic mass is 16.2. The number of hydrogen-bond donors (Lipinski definition) is 0. The number of piperazine rings is 1. The lowest BCUT2D eigenvalue weighted by Crippen LogP contribution is -2.52. The summed E-state index contributed by atoms with van der Waals surface area (Å²) in [5.41, 5.74) is -0.0490. The van der Waals surface area contributed by atoms with Crippen molar-refractivity contribution in [2.75, 3.05) is 32.7 Å². The van der Waals surface area contributed by atoms with Gasteiger partial charge in [-0.3, -0.25) is 4.79 Å². The van der Waals surface area contributed by atoms with E-state index in [1.807, 2.05) is 0 Å². The molecule has 0 atom stereocenters. The Bertz CT molecular complexity index is 263. The molecule has 3 nitrogen and oxygen atoms in total. The van der Waals surface area contributed by atoms with Crippen molar-refractivity contribution in [3.8, 4) is 0 Å². The lowest BCUT2D eigenvalue weighted by atomic mass is 9.74. The van der Waals surface area contributed by atoms with Gasteiger partial charge in [0.2, 0.25) is 5.91 Å². The van der Waals surface area contributed by atoms with Crippen molar-refractivity contribution in [2.45, 2.75) is 46.0 Å². The second kappa shape index (κ2) is 5.38. The van der Waals surface area contributed by atoms with Crippen LogP contribution in [0.5, 0.6) is 0 Å². The number of carbonyl (C=O) groups is 1. The lowest BCUT2D eigenvalue weighted by molar-refractivity contribution is -0.144. The van der Waals surface area contributed by atoms with Crippen LogP contribution in [0.25, 0.3) is 0 Å². The van der Waals surface area contributed by atoms with Gasteiger partial charge in [0.15, 0.2) is 0 Å². The van der Waals surface area contributed by atoms with Crippen molar-refractivity contribution in [3.63, 3.8) is 0 Å². The quantitative estimate of drug-likeness (QED) is 0.735. The van der Waals surface area contributed by atoms with Crippen molar-refractivity contribution in [1.82, 2.24) is 9.80 Å². The van der Waals surface area contributed by atoms with Crippen LogP contribution in [0, 0.1) is 5.41 Å². The molecule has 0 radical (unpaired) electrons. The van der Waals surface area contributed by atoms with E-state index in [-0.39, 0.29) is 5.41 Å². The average Bonchev–Trinajstić information content (AvgIpc) is 2.39. The van der Waals surface area contributed by atoms with Gasteiger partial charge in [-0.2, -0.15) is 0 Å². The molecule has 1 saturated heterocycles. The van der Waals surface area contributed by atoms with E-state index in [0.29, 0.717) is 5.91 Å². The van der Waals surface area contributed by atoms with Gasteiger partial charge >= 0.3 is 0 Å². The highest BCUT2D eigenvalue weighted by Crippen LogP contribution is 2.37. The first-order chi connectivity index (χ1) is 8.15. The molecule has 0 aromatic rings. The Labute approximate surface area is 105 Å². The molecule has 0 N–H and O–H groups in total. The van der Waals surface area contributed by atoms with E-state index >= 15 is 0 Å². The smallest absolute Gasteiger partial charge is 0.228 e. The third kappa shape index (κ3) is 2.82. The van der Waals surface area contributed by atoms with Crippen LogP contribution in [0.4, 0.5) is 0 Å². The molecule has 0 aromatic heterocycles. The summed E-state index contributed by atoms with van der Waals surface area (Å²) in [7, 11) is 0. The summed E-state index contributed by atoms with van der Waals surface area (Å²) in [6.45, 7) is 9.46. The van der Waals surface area contributed by atoms with Gasteiger partial charge in [-0.1, -0.05) is 33.1 Å². The van der Waals surface area contributed by atoms with Crippen LogP contribution >= 0.6 is 0 Å². The van der Waals surface area contributed by atoms with Gasteiger partial charge in [-0.25, -0.2) is 0 Å². The van der Waals surface area contributed by atoms with Crippen LogP contribution in [0.2, 0.25) is 0 Å². The molecule has 2 fully saturated rings. The Morgan fingerprint density at radius 1 is 1.06 bits per heavy atom. The molecule has 0 spiro atoms. The Hall–Kier alpha value is -0.570. The van der Waals surface area contributed by atoms with E-state index in [1.165, 1.54) is 19.3 Å². The molecule has 0 unspecified atom stereocenters. The Morgan fingerprint density at radius 3 is 2.18 bits per heavy atom. The van der Waals surface area contributed by atoms with Crippen molar-refractivity contribution >= 4 is 5.91 Å². The van der Waals surface area contributed by atoms with Crippen LogP contribution in [0.1, 0.15) is 46.0 Å². The van der Waals surface area contributed by atoms with Gasteiger partial charge in [-0.05, 0) is 19.4 Å². The maximum Gasteiger partial charge on any atom is 0.228 e. The molecule has 1 aliphatic heterocycles. The zero-order chi connectivity index (χ0) is 12.3. The Morgan fingerprint density at radius 2 is 1.65 bits per heavy atom. The first-order valence-electron chi connectivity index (χ1n) is 7.17. The molecule has 3 heteroatoms. The summed E-state index contributed by atoms with van der Waals surface area (Å²) in [5, 5.41) is 0.